The number of halogens is 1. The molecule has 2 amide bonds. The molecule has 0 radical (unpaired) electrons. The van der Waals surface area contributed by atoms with Crippen molar-refractivity contribution in [2.75, 3.05) is 11.9 Å². The Balaban J connectivity index is 1.52. The molecule has 1 heterocycles. The zero-order chi connectivity index (χ0) is 21.0. The number of anilines is 1. The summed E-state index contributed by atoms with van der Waals surface area (Å²) < 4.78 is 13.0. The van der Waals surface area contributed by atoms with E-state index in [-0.39, 0.29) is 30.6 Å². The Hall–Kier alpha value is -3.62. The van der Waals surface area contributed by atoms with E-state index in [4.69, 9.17) is 0 Å². The molecule has 0 atom stereocenters. The van der Waals surface area contributed by atoms with Gasteiger partial charge in [0.1, 0.15) is 12.4 Å². The SMILES string of the molecule is Cc1cc(C)c(NC(=O)CNC(=O)Cn2nnc(-c3ccc(F)cc3)n2)c(C)c1. The maximum atomic E-state index is 13.0. The molecule has 0 aliphatic carbocycles. The number of rotatable bonds is 6. The summed E-state index contributed by atoms with van der Waals surface area (Å²) in [5.41, 5.74) is 4.37. The lowest BCUT2D eigenvalue weighted by Crippen LogP contribution is -2.35. The number of nitrogens with one attached hydrogen (secondary N) is 2. The van der Waals surface area contributed by atoms with Gasteiger partial charge < -0.3 is 10.6 Å². The second-order valence-electron chi connectivity index (χ2n) is 6.75. The lowest BCUT2D eigenvalue weighted by molar-refractivity contribution is -0.124. The first-order chi connectivity index (χ1) is 13.8. The molecule has 0 bridgehead atoms. The van der Waals surface area contributed by atoms with E-state index >= 15 is 0 Å². The first kappa shape index (κ1) is 20.1. The van der Waals surface area contributed by atoms with Gasteiger partial charge >= 0.3 is 0 Å². The third-order valence-electron chi connectivity index (χ3n) is 4.23. The van der Waals surface area contributed by atoms with Crippen molar-refractivity contribution in [2.45, 2.75) is 27.3 Å². The molecule has 8 nitrogen and oxygen atoms in total. The highest BCUT2D eigenvalue weighted by atomic mass is 19.1. The number of aromatic nitrogens is 4. The minimum Gasteiger partial charge on any atom is -0.345 e. The van der Waals surface area contributed by atoms with Crippen LogP contribution in [-0.4, -0.2) is 38.6 Å². The van der Waals surface area contributed by atoms with Crippen LogP contribution in [0.1, 0.15) is 16.7 Å². The van der Waals surface area contributed by atoms with Crippen molar-refractivity contribution in [1.82, 2.24) is 25.5 Å². The van der Waals surface area contributed by atoms with Crippen LogP contribution in [0, 0.1) is 26.6 Å². The van der Waals surface area contributed by atoms with E-state index in [0.717, 1.165) is 27.2 Å². The van der Waals surface area contributed by atoms with E-state index in [9.17, 15) is 14.0 Å². The van der Waals surface area contributed by atoms with Crippen LogP contribution in [0.15, 0.2) is 36.4 Å². The van der Waals surface area contributed by atoms with Crippen LogP contribution in [0.25, 0.3) is 11.4 Å². The molecule has 0 saturated carbocycles. The fraction of sp³-hybridized carbons (Fsp3) is 0.250. The summed E-state index contributed by atoms with van der Waals surface area (Å²) in [4.78, 5) is 25.3. The van der Waals surface area contributed by atoms with Gasteiger partial charge in [-0.25, -0.2) is 4.39 Å². The van der Waals surface area contributed by atoms with E-state index in [1.54, 1.807) is 0 Å². The highest BCUT2D eigenvalue weighted by Gasteiger charge is 2.12. The highest BCUT2D eigenvalue weighted by molar-refractivity contribution is 5.95. The molecule has 0 aliphatic rings. The maximum Gasteiger partial charge on any atom is 0.244 e. The van der Waals surface area contributed by atoms with Gasteiger partial charge in [0.05, 0.1) is 6.54 Å². The summed E-state index contributed by atoms with van der Waals surface area (Å²) in [5, 5.41) is 17.1. The van der Waals surface area contributed by atoms with Gasteiger partial charge in [-0.15, -0.1) is 10.2 Å². The summed E-state index contributed by atoms with van der Waals surface area (Å²) in [6, 6.07) is 9.59. The third kappa shape index (κ3) is 5.22. The smallest absolute Gasteiger partial charge is 0.244 e. The summed E-state index contributed by atoms with van der Waals surface area (Å²) >= 11 is 0. The van der Waals surface area contributed by atoms with E-state index in [1.165, 1.54) is 24.3 Å². The second kappa shape index (κ2) is 8.59. The number of amides is 2. The number of benzene rings is 2. The van der Waals surface area contributed by atoms with Crippen LogP contribution in [0.2, 0.25) is 0 Å². The Morgan fingerprint density at radius 1 is 1.03 bits per heavy atom. The van der Waals surface area contributed by atoms with Crippen molar-refractivity contribution in [3.63, 3.8) is 0 Å². The Bertz CT molecular complexity index is 1020. The summed E-state index contributed by atoms with van der Waals surface area (Å²) in [7, 11) is 0. The predicted octanol–water partition coefficient (Wildman–Crippen LogP) is 2.16. The molecule has 29 heavy (non-hydrogen) atoms. The molecule has 3 rings (SSSR count). The normalized spacial score (nSPS) is 10.6. The first-order valence-corrected chi connectivity index (χ1v) is 9.00. The molecule has 0 spiro atoms. The van der Waals surface area contributed by atoms with Crippen LogP contribution in [-0.2, 0) is 16.1 Å². The van der Waals surface area contributed by atoms with Crippen LogP contribution < -0.4 is 10.6 Å². The van der Waals surface area contributed by atoms with Crippen LogP contribution >= 0.6 is 0 Å². The summed E-state index contributed by atoms with van der Waals surface area (Å²) in [5.74, 6) is -0.844. The second-order valence-corrected chi connectivity index (χ2v) is 6.75. The predicted molar refractivity (Wildman–Crippen MR) is 106 cm³/mol. The lowest BCUT2D eigenvalue weighted by Gasteiger charge is -2.13. The van der Waals surface area contributed by atoms with Gasteiger partial charge in [0.15, 0.2) is 0 Å². The minimum absolute atomic E-state index is 0.175. The molecule has 0 aliphatic heterocycles. The van der Waals surface area contributed by atoms with Crippen molar-refractivity contribution < 1.29 is 14.0 Å². The molecule has 2 aromatic carbocycles. The number of carbonyl (C=O) groups is 2. The average molecular weight is 396 g/mol. The number of nitrogens with zero attached hydrogens (tertiary/aromatic N) is 4. The molecule has 3 aromatic rings. The van der Waals surface area contributed by atoms with Gasteiger partial charge in [-0.05, 0) is 61.4 Å². The van der Waals surface area contributed by atoms with Gasteiger partial charge in [-0.3, -0.25) is 9.59 Å². The molecule has 2 N–H and O–H groups in total. The van der Waals surface area contributed by atoms with Crippen LogP contribution in [0.5, 0.6) is 0 Å². The number of hydrogen-bond acceptors (Lipinski definition) is 5. The molecule has 1 aromatic heterocycles. The van der Waals surface area contributed by atoms with Crippen LogP contribution in [0.3, 0.4) is 0 Å². The zero-order valence-corrected chi connectivity index (χ0v) is 16.4. The Labute approximate surface area is 167 Å². The summed E-state index contributed by atoms with van der Waals surface area (Å²) in [6.45, 7) is 5.47. The standard InChI is InChI=1S/C20H21FN6O2/c1-12-8-13(2)19(14(3)9-12)23-17(28)10-22-18(29)11-27-25-20(24-26-27)15-4-6-16(21)7-5-15/h4-9H,10-11H2,1-3H3,(H,22,29)(H,23,28). The first-order valence-electron chi connectivity index (χ1n) is 9.00. The van der Waals surface area contributed by atoms with Crippen LogP contribution in [0.4, 0.5) is 10.1 Å². The number of tetrazole rings is 1. The van der Waals surface area contributed by atoms with Crippen molar-refractivity contribution in [2.24, 2.45) is 0 Å². The van der Waals surface area contributed by atoms with E-state index in [0.29, 0.717) is 5.56 Å². The molecular weight excluding hydrogens is 375 g/mol. The Kier molecular flexibility index (Phi) is 5.96. The van der Waals surface area contributed by atoms with Crippen molar-refractivity contribution >= 4 is 17.5 Å². The van der Waals surface area contributed by atoms with Crippen molar-refractivity contribution in [3.8, 4) is 11.4 Å². The van der Waals surface area contributed by atoms with Gasteiger partial charge in [-0.1, -0.05) is 17.7 Å². The highest BCUT2D eigenvalue weighted by Crippen LogP contribution is 2.21. The number of aryl methyl sites for hydroxylation is 3. The Morgan fingerprint density at radius 3 is 2.34 bits per heavy atom. The number of carbonyl (C=O) groups excluding carboxylic acids is 2. The largest absolute Gasteiger partial charge is 0.345 e. The molecular formula is C20H21FN6O2. The minimum atomic E-state index is -0.430. The third-order valence-corrected chi connectivity index (χ3v) is 4.23. The van der Waals surface area contributed by atoms with Crippen molar-refractivity contribution in [3.05, 3.63) is 58.9 Å². The average Bonchev–Trinajstić information content (AvgIpc) is 3.12. The van der Waals surface area contributed by atoms with E-state index < -0.39 is 5.91 Å². The topological polar surface area (TPSA) is 102 Å². The molecule has 9 heteroatoms. The zero-order valence-electron chi connectivity index (χ0n) is 16.4. The van der Waals surface area contributed by atoms with Gasteiger partial charge in [0, 0.05) is 11.3 Å². The van der Waals surface area contributed by atoms with E-state index in [1.807, 2.05) is 32.9 Å². The molecule has 0 unspecified atom stereocenters. The fourth-order valence-electron chi connectivity index (χ4n) is 2.95. The fourth-order valence-corrected chi connectivity index (χ4v) is 2.95. The number of hydrogen-bond donors (Lipinski definition) is 2. The molecule has 0 saturated heterocycles. The van der Waals surface area contributed by atoms with E-state index in [2.05, 4.69) is 26.0 Å². The van der Waals surface area contributed by atoms with Gasteiger partial charge in [-0.2, -0.15) is 4.80 Å². The van der Waals surface area contributed by atoms with Gasteiger partial charge in [0.25, 0.3) is 0 Å². The maximum absolute atomic E-state index is 13.0. The van der Waals surface area contributed by atoms with Crippen molar-refractivity contribution in [1.29, 1.82) is 0 Å². The summed E-state index contributed by atoms with van der Waals surface area (Å²) in [6.07, 6.45) is 0. The van der Waals surface area contributed by atoms with Gasteiger partial charge in [0.2, 0.25) is 17.6 Å². The monoisotopic (exact) mass is 396 g/mol. The molecule has 0 fully saturated rings. The molecule has 150 valence electrons. The quantitative estimate of drug-likeness (QED) is 0.665. The Morgan fingerprint density at radius 2 is 1.69 bits per heavy atom. The lowest BCUT2D eigenvalue weighted by atomic mass is 10.1.